The van der Waals surface area contributed by atoms with Crippen molar-refractivity contribution in [2.75, 3.05) is 26.2 Å². The van der Waals surface area contributed by atoms with Gasteiger partial charge < -0.3 is 22.6 Å². The standard InChI is InChI=1S/C7H14BF3NO/c1-2-7-5-13-4-3-12(7)6-8(9,10)11/h7H,2-6H2,1H3/q-1. The highest BCUT2D eigenvalue weighted by molar-refractivity contribution is 6.58. The van der Waals surface area contributed by atoms with E-state index in [2.05, 4.69) is 0 Å². The van der Waals surface area contributed by atoms with Crippen molar-refractivity contribution in [1.29, 1.82) is 0 Å². The van der Waals surface area contributed by atoms with E-state index in [0.29, 0.717) is 26.2 Å². The normalized spacial score (nSPS) is 26.3. The molecule has 0 aliphatic carbocycles. The Balaban J connectivity index is 2.45. The maximum Gasteiger partial charge on any atom is 0.492 e. The number of hydrogen-bond donors (Lipinski definition) is 0. The van der Waals surface area contributed by atoms with Crippen molar-refractivity contribution in [3.05, 3.63) is 0 Å². The summed E-state index contributed by atoms with van der Waals surface area (Å²) >= 11 is 0. The Hall–Kier alpha value is -0.225. The lowest BCUT2D eigenvalue weighted by Gasteiger charge is -2.38. The third-order valence-corrected chi connectivity index (χ3v) is 2.26. The van der Waals surface area contributed by atoms with Gasteiger partial charge in [0.25, 0.3) is 0 Å². The van der Waals surface area contributed by atoms with E-state index in [4.69, 9.17) is 4.74 Å². The van der Waals surface area contributed by atoms with Crippen LogP contribution in [-0.2, 0) is 4.74 Å². The first-order valence-corrected chi connectivity index (χ1v) is 4.55. The van der Waals surface area contributed by atoms with Gasteiger partial charge in [-0.2, -0.15) is 0 Å². The van der Waals surface area contributed by atoms with E-state index >= 15 is 0 Å². The average molecular weight is 196 g/mol. The Morgan fingerprint density at radius 1 is 1.46 bits per heavy atom. The van der Waals surface area contributed by atoms with Crippen LogP contribution in [0.15, 0.2) is 0 Å². The maximum atomic E-state index is 12.1. The maximum absolute atomic E-state index is 12.1. The number of nitrogens with zero attached hydrogens (tertiary/aromatic N) is 1. The zero-order valence-corrected chi connectivity index (χ0v) is 7.68. The van der Waals surface area contributed by atoms with Crippen molar-refractivity contribution < 1.29 is 17.7 Å². The molecular weight excluding hydrogens is 182 g/mol. The Bertz CT molecular complexity index is 164. The van der Waals surface area contributed by atoms with Gasteiger partial charge in [0.2, 0.25) is 0 Å². The molecule has 1 saturated heterocycles. The molecule has 0 aromatic carbocycles. The fourth-order valence-corrected chi connectivity index (χ4v) is 1.57. The van der Waals surface area contributed by atoms with Gasteiger partial charge in [0.15, 0.2) is 0 Å². The summed E-state index contributed by atoms with van der Waals surface area (Å²) in [6.07, 6.45) is -0.0337. The van der Waals surface area contributed by atoms with Crippen LogP contribution in [0.25, 0.3) is 0 Å². The van der Waals surface area contributed by atoms with Crippen LogP contribution in [-0.4, -0.2) is 44.1 Å². The van der Waals surface area contributed by atoms with E-state index < -0.39 is 13.4 Å². The summed E-state index contributed by atoms with van der Waals surface area (Å²) in [4.78, 5) is 1.48. The summed E-state index contributed by atoms with van der Waals surface area (Å²) < 4.78 is 41.5. The first-order chi connectivity index (χ1) is 6.03. The minimum atomic E-state index is -4.70. The van der Waals surface area contributed by atoms with Crippen molar-refractivity contribution in [3.63, 3.8) is 0 Å². The third-order valence-electron chi connectivity index (χ3n) is 2.26. The van der Waals surface area contributed by atoms with E-state index in [1.165, 1.54) is 4.90 Å². The fraction of sp³-hybridized carbons (Fsp3) is 1.00. The van der Waals surface area contributed by atoms with Crippen LogP contribution in [0.1, 0.15) is 13.3 Å². The average Bonchev–Trinajstić information content (AvgIpc) is 2.02. The minimum Gasteiger partial charge on any atom is -0.448 e. The van der Waals surface area contributed by atoms with Crippen LogP contribution in [0.5, 0.6) is 0 Å². The van der Waals surface area contributed by atoms with E-state index in [9.17, 15) is 12.9 Å². The molecule has 1 aliphatic rings. The molecule has 0 amide bonds. The van der Waals surface area contributed by atoms with Crippen molar-refractivity contribution in [2.24, 2.45) is 0 Å². The molecule has 0 aromatic rings. The topological polar surface area (TPSA) is 12.5 Å². The Morgan fingerprint density at radius 3 is 2.69 bits per heavy atom. The molecule has 0 spiro atoms. The molecule has 1 fully saturated rings. The predicted octanol–water partition coefficient (Wildman–Crippen LogP) is 1.48. The molecule has 0 radical (unpaired) electrons. The molecule has 2 nitrogen and oxygen atoms in total. The number of ether oxygens (including phenoxy) is 1. The van der Waals surface area contributed by atoms with Crippen molar-refractivity contribution in [3.8, 4) is 0 Å². The van der Waals surface area contributed by atoms with Crippen LogP contribution in [0.2, 0.25) is 0 Å². The SMILES string of the molecule is CCC1COCCN1C[B-](F)(F)F. The second-order valence-corrected chi connectivity index (χ2v) is 3.34. The van der Waals surface area contributed by atoms with Crippen molar-refractivity contribution in [1.82, 2.24) is 4.90 Å². The highest BCUT2D eigenvalue weighted by atomic mass is 19.4. The van der Waals surface area contributed by atoms with Gasteiger partial charge in [0, 0.05) is 12.6 Å². The van der Waals surface area contributed by atoms with Crippen LogP contribution < -0.4 is 0 Å². The van der Waals surface area contributed by atoms with Gasteiger partial charge in [-0.15, -0.1) is 0 Å². The van der Waals surface area contributed by atoms with E-state index in [1.807, 2.05) is 6.92 Å². The van der Waals surface area contributed by atoms with Gasteiger partial charge in [0.05, 0.1) is 13.2 Å². The molecular formula is C7H14BF3NO-. The summed E-state index contributed by atoms with van der Waals surface area (Å²) in [6, 6.07) is -0.0581. The summed E-state index contributed by atoms with van der Waals surface area (Å²) in [7, 11) is 0. The largest absolute Gasteiger partial charge is 0.492 e. The molecule has 1 rings (SSSR count). The Labute approximate surface area is 76.1 Å². The lowest BCUT2D eigenvalue weighted by Crippen LogP contribution is -2.50. The highest BCUT2D eigenvalue weighted by Gasteiger charge is 2.31. The van der Waals surface area contributed by atoms with E-state index in [0.717, 1.165) is 0 Å². The van der Waals surface area contributed by atoms with Gasteiger partial charge in [-0.3, -0.25) is 0 Å². The van der Waals surface area contributed by atoms with Gasteiger partial charge in [-0.1, -0.05) is 6.92 Å². The molecule has 6 heteroatoms. The van der Waals surface area contributed by atoms with Crippen LogP contribution in [0.3, 0.4) is 0 Å². The number of hydrogen-bond acceptors (Lipinski definition) is 2. The van der Waals surface area contributed by atoms with Gasteiger partial charge in [-0.25, -0.2) is 0 Å². The zero-order chi connectivity index (χ0) is 9.90. The Morgan fingerprint density at radius 2 is 2.15 bits per heavy atom. The summed E-state index contributed by atoms with van der Waals surface area (Å²) in [6.45, 7) is -1.56. The number of rotatable bonds is 3. The fourth-order valence-electron chi connectivity index (χ4n) is 1.57. The molecule has 0 N–H and O–H groups in total. The summed E-state index contributed by atoms with van der Waals surface area (Å²) in [5.74, 6) is 0. The molecule has 1 unspecified atom stereocenters. The van der Waals surface area contributed by atoms with Crippen molar-refractivity contribution >= 4 is 6.98 Å². The quantitative estimate of drug-likeness (QED) is 0.634. The highest BCUT2D eigenvalue weighted by Crippen LogP contribution is 2.16. The van der Waals surface area contributed by atoms with Gasteiger partial charge >= 0.3 is 6.98 Å². The molecule has 0 aromatic heterocycles. The van der Waals surface area contributed by atoms with Crippen LogP contribution >= 0.6 is 0 Å². The summed E-state index contributed by atoms with van der Waals surface area (Å²) in [5.41, 5.74) is 0. The zero-order valence-electron chi connectivity index (χ0n) is 7.68. The predicted molar refractivity (Wildman–Crippen MR) is 45.5 cm³/mol. The second kappa shape index (κ2) is 4.33. The molecule has 13 heavy (non-hydrogen) atoms. The lowest BCUT2D eigenvalue weighted by atomic mass is 9.90. The first-order valence-electron chi connectivity index (χ1n) is 4.55. The lowest BCUT2D eigenvalue weighted by molar-refractivity contribution is -0.00354. The smallest absolute Gasteiger partial charge is 0.448 e. The molecule has 1 atom stereocenters. The second-order valence-electron chi connectivity index (χ2n) is 3.34. The van der Waals surface area contributed by atoms with Gasteiger partial charge in [-0.05, 0) is 12.9 Å². The number of morpholine rings is 1. The Kier molecular flexibility index (Phi) is 3.61. The molecule has 0 saturated carbocycles. The van der Waals surface area contributed by atoms with Gasteiger partial charge in [0.1, 0.15) is 0 Å². The van der Waals surface area contributed by atoms with Crippen LogP contribution in [0, 0.1) is 0 Å². The monoisotopic (exact) mass is 196 g/mol. The van der Waals surface area contributed by atoms with E-state index in [-0.39, 0.29) is 6.04 Å². The van der Waals surface area contributed by atoms with Crippen LogP contribution in [0.4, 0.5) is 12.9 Å². The first kappa shape index (κ1) is 10.9. The molecule has 0 bridgehead atoms. The van der Waals surface area contributed by atoms with Crippen molar-refractivity contribution in [2.45, 2.75) is 19.4 Å². The number of halogens is 3. The molecule has 1 heterocycles. The molecule has 1 aliphatic heterocycles. The molecule has 78 valence electrons. The summed E-state index contributed by atoms with van der Waals surface area (Å²) in [5, 5.41) is 0. The van der Waals surface area contributed by atoms with E-state index in [1.54, 1.807) is 0 Å². The minimum absolute atomic E-state index is 0.0581. The third kappa shape index (κ3) is 3.56.